The summed E-state index contributed by atoms with van der Waals surface area (Å²) in [6.45, 7) is 2.30. The highest BCUT2D eigenvalue weighted by atomic mass is 16.5. The number of benzene rings is 1. The molecule has 0 saturated carbocycles. The minimum absolute atomic E-state index is 0.225. The minimum Gasteiger partial charge on any atom is -0.482 e. The van der Waals surface area contributed by atoms with Crippen molar-refractivity contribution in [2.24, 2.45) is 0 Å². The van der Waals surface area contributed by atoms with E-state index in [1.165, 1.54) is 4.90 Å². The molecule has 0 spiro atoms. The van der Waals surface area contributed by atoms with Crippen molar-refractivity contribution >= 4 is 11.9 Å². The van der Waals surface area contributed by atoms with Crippen LogP contribution in [0.15, 0.2) is 47.2 Å². The first-order valence-corrected chi connectivity index (χ1v) is 8.54. The molecule has 2 aromatic heterocycles. The van der Waals surface area contributed by atoms with Crippen LogP contribution in [0.5, 0.6) is 5.75 Å². The van der Waals surface area contributed by atoms with Crippen LogP contribution >= 0.6 is 0 Å². The highest BCUT2D eigenvalue weighted by Gasteiger charge is 2.17. The third-order valence-corrected chi connectivity index (χ3v) is 3.91. The maximum atomic E-state index is 12.6. The van der Waals surface area contributed by atoms with E-state index in [0.29, 0.717) is 24.6 Å². The number of carboxylic acid groups (broad SMARTS) is 1. The molecule has 0 saturated heterocycles. The number of rotatable bonds is 8. The Kier molecular flexibility index (Phi) is 5.73. The van der Waals surface area contributed by atoms with Gasteiger partial charge in [-0.3, -0.25) is 9.48 Å². The van der Waals surface area contributed by atoms with E-state index >= 15 is 0 Å². The molecule has 0 aliphatic carbocycles. The van der Waals surface area contributed by atoms with E-state index in [2.05, 4.69) is 10.3 Å². The van der Waals surface area contributed by atoms with Gasteiger partial charge in [-0.05, 0) is 30.2 Å². The highest BCUT2D eigenvalue weighted by Crippen LogP contribution is 2.15. The zero-order valence-electron chi connectivity index (χ0n) is 15.5. The smallest absolute Gasteiger partial charge is 0.341 e. The molecule has 28 heavy (non-hydrogen) atoms. The Bertz CT molecular complexity index is 961. The fraction of sp³-hybridized carbons (Fsp3) is 0.263. The van der Waals surface area contributed by atoms with Gasteiger partial charge in [-0.25, -0.2) is 4.79 Å². The zero-order chi connectivity index (χ0) is 20.1. The first-order chi connectivity index (χ1) is 13.4. The summed E-state index contributed by atoms with van der Waals surface area (Å²) >= 11 is 0. The van der Waals surface area contributed by atoms with E-state index in [-0.39, 0.29) is 11.6 Å². The fourth-order valence-corrected chi connectivity index (χ4v) is 2.58. The molecule has 0 unspecified atom stereocenters. The van der Waals surface area contributed by atoms with Crippen LogP contribution < -0.4 is 4.74 Å². The molecular formula is C19H20N4O5. The lowest BCUT2D eigenvalue weighted by atomic mass is 10.2. The second kappa shape index (κ2) is 8.38. The summed E-state index contributed by atoms with van der Waals surface area (Å²) in [5.74, 6) is -0.308. The van der Waals surface area contributed by atoms with E-state index < -0.39 is 12.6 Å². The average molecular weight is 384 g/mol. The number of amides is 1. The van der Waals surface area contributed by atoms with Crippen molar-refractivity contribution in [3.63, 3.8) is 0 Å². The van der Waals surface area contributed by atoms with Crippen LogP contribution in [-0.4, -0.2) is 50.5 Å². The Labute approximate surface area is 161 Å². The number of nitrogens with zero attached hydrogens (tertiary/aromatic N) is 4. The molecule has 2 heterocycles. The lowest BCUT2D eigenvalue weighted by Gasteiger charge is -2.15. The van der Waals surface area contributed by atoms with Crippen LogP contribution in [0.3, 0.4) is 0 Å². The maximum Gasteiger partial charge on any atom is 0.341 e. The molecule has 0 atom stereocenters. The van der Waals surface area contributed by atoms with Gasteiger partial charge >= 0.3 is 5.97 Å². The van der Waals surface area contributed by atoms with Crippen molar-refractivity contribution < 1.29 is 24.0 Å². The average Bonchev–Trinajstić information content (AvgIpc) is 3.29. The number of aryl methyl sites for hydroxylation is 1. The molecule has 1 amide bonds. The Morgan fingerprint density at radius 2 is 2.04 bits per heavy atom. The Hall–Kier alpha value is -3.62. The summed E-state index contributed by atoms with van der Waals surface area (Å²) < 4.78 is 12.0. The molecule has 1 N–H and O–H groups in total. The number of hydrogen-bond donors (Lipinski definition) is 1. The largest absolute Gasteiger partial charge is 0.482 e. The highest BCUT2D eigenvalue weighted by molar-refractivity contribution is 5.92. The molecule has 146 valence electrons. The first kappa shape index (κ1) is 19.2. The summed E-state index contributed by atoms with van der Waals surface area (Å²) in [5, 5.41) is 16.6. The topological polar surface area (TPSA) is 111 Å². The molecule has 9 heteroatoms. The molecule has 0 aliphatic heterocycles. The number of ether oxygens (including phenoxy) is 1. The van der Waals surface area contributed by atoms with Gasteiger partial charge in [-0.15, -0.1) is 0 Å². The quantitative estimate of drug-likeness (QED) is 0.632. The van der Waals surface area contributed by atoms with E-state index in [0.717, 1.165) is 11.1 Å². The molecule has 3 rings (SSSR count). The van der Waals surface area contributed by atoms with Crippen molar-refractivity contribution in [2.45, 2.75) is 20.0 Å². The zero-order valence-corrected chi connectivity index (χ0v) is 15.5. The number of carbonyl (C=O) groups excluding carboxylic acids is 1. The maximum absolute atomic E-state index is 12.6. The van der Waals surface area contributed by atoms with Crippen LogP contribution in [0, 0.1) is 6.92 Å². The van der Waals surface area contributed by atoms with E-state index in [1.807, 2.05) is 13.1 Å². The Balaban J connectivity index is 1.57. The van der Waals surface area contributed by atoms with Crippen LogP contribution in [0.4, 0.5) is 0 Å². The number of aliphatic carboxylic acids is 1. The predicted molar refractivity (Wildman–Crippen MR) is 97.9 cm³/mol. The van der Waals surface area contributed by atoms with Gasteiger partial charge in [-0.1, -0.05) is 17.3 Å². The molecule has 3 aromatic rings. The van der Waals surface area contributed by atoms with Crippen molar-refractivity contribution in [3.05, 3.63) is 65.3 Å². The fourth-order valence-electron chi connectivity index (χ4n) is 2.58. The van der Waals surface area contributed by atoms with Gasteiger partial charge in [-0.2, -0.15) is 5.10 Å². The van der Waals surface area contributed by atoms with Gasteiger partial charge in [0.2, 0.25) is 0 Å². The number of aromatic nitrogens is 3. The number of carbonyl (C=O) groups is 2. The molecule has 0 radical (unpaired) electrons. The second-order valence-electron chi connectivity index (χ2n) is 6.38. The third-order valence-electron chi connectivity index (χ3n) is 3.91. The van der Waals surface area contributed by atoms with Gasteiger partial charge in [0, 0.05) is 25.9 Å². The Morgan fingerprint density at radius 1 is 1.29 bits per heavy atom. The summed E-state index contributed by atoms with van der Waals surface area (Å²) in [6, 6.07) is 8.48. The Morgan fingerprint density at radius 3 is 2.68 bits per heavy atom. The summed E-state index contributed by atoms with van der Waals surface area (Å²) in [4.78, 5) is 24.6. The minimum atomic E-state index is -1.04. The normalized spacial score (nSPS) is 10.6. The monoisotopic (exact) mass is 384 g/mol. The SMILES string of the molecule is Cc1cnn(Cc2cc(C(=O)N(C)Cc3ccc(OCC(=O)O)cc3)no2)c1. The molecule has 0 fully saturated rings. The number of hydrogen-bond acceptors (Lipinski definition) is 6. The van der Waals surface area contributed by atoms with Gasteiger partial charge in [0.1, 0.15) is 12.3 Å². The van der Waals surface area contributed by atoms with E-state index in [9.17, 15) is 9.59 Å². The van der Waals surface area contributed by atoms with Gasteiger partial charge in [0.05, 0.1) is 6.20 Å². The molecule has 9 nitrogen and oxygen atoms in total. The van der Waals surface area contributed by atoms with Gasteiger partial charge in [0.15, 0.2) is 18.1 Å². The number of carboxylic acids is 1. The van der Waals surface area contributed by atoms with Crippen molar-refractivity contribution in [2.75, 3.05) is 13.7 Å². The second-order valence-corrected chi connectivity index (χ2v) is 6.38. The molecular weight excluding hydrogens is 364 g/mol. The van der Waals surface area contributed by atoms with E-state index in [4.69, 9.17) is 14.4 Å². The first-order valence-electron chi connectivity index (χ1n) is 8.54. The summed E-state index contributed by atoms with van der Waals surface area (Å²) in [7, 11) is 1.67. The van der Waals surface area contributed by atoms with Crippen molar-refractivity contribution in [1.29, 1.82) is 0 Å². The van der Waals surface area contributed by atoms with Crippen LogP contribution in [0.2, 0.25) is 0 Å². The lowest BCUT2D eigenvalue weighted by molar-refractivity contribution is -0.139. The summed E-state index contributed by atoms with van der Waals surface area (Å²) in [5.41, 5.74) is 2.13. The van der Waals surface area contributed by atoms with Crippen LogP contribution in [0.1, 0.15) is 27.4 Å². The van der Waals surface area contributed by atoms with Gasteiger partial charge < -0.3 is 19.3 Å². The molecule has 0 bridgehead atoms. The lowest BCUT2D eigenvalue weighted by Crippen LogP contribution is -2.26. The van der Waals surface area contributed by atoms with E-state index in [1.54, 1.807) is 48.3 Å². The standard InChI is InChI=1S/C19H20N4O5/c1-13-8-20-23(9-13)11-16-7-17(21-28-16)19(26)22(2)10-14-3-5-15(6-4-14)27-12-18(24)25/h3-9H,10-12H2,1-2H3,(H,24,25). The molecule has 1 aromatic carbocycles. The summed E-state index contributed by atoms with van der Waals surface area (Å²) in [6.07, 6.45) is 3.62. The van der Waals surface area contributed by atoms with Gasteiger partial charge in [0.25, 0.3) is 5.91 Å². The van der Waals surface area contributed by atoms with Crippen molar-refractivity contribution in [3.8, 4) is 5.75 Å². The predicted octanol–water partition coefficient (Wildman–Crippen LogP) is 1.96. The van der Waals surface area contributed by atoms with Crippen LogP contribution in [0.25, 0.3) is 0 Å². The van der Waals surface area contributed by atoms with Crippen LogP contribution in [-0.2, 0) is 17.9 Å². The van der Waals surface area contributed by atoms with Crippen molar-refractivity contribution in [1.82, 2.24) is 19.8 Å². The molecule has 0 aliphatic rings. The third kappa shape index (κ3) is 4.97.